The number of carbonyl (C=O) groups excluding carboxylic acids is 2. The van der Waals surface area contributed by atoms with Gasteiger partial charge in [0, 0.05) is 51.0 Å². The number of anilines is 1. The lowest BCUT2D eigenvalue weighted by atomic mass is 10.1. The average Bonchev–Trinajstić information content (AvgIpc) is 3.01. The van der Waals surface area contributed by atoms with E-state index in [2.05, 4.69) is 10.6 Å². The summed E-state index contributed by atoms with van der Waals surface area (Å²) in [5.41, 5.74) is 1.42. The number of rotatable bonds is 9. The van der Waals surface area contributed by atoms with E-state index in [1.807, 2.05) is 0 Å². The smallest absolute Gasteiger partial charge is 0.340 e. The lowest BCUT2D eigenvalue weighted by Gasteiger charge is -2.12. The first-order valence-corrected chi connectivity index (χ1v) is 13.9. The summed E-state index contributed by atoms with van der Waals surface area (Å²) in [6, 6.07) is 27.2. The highest BCUT2D eigenvalue weighted by Crippen LogP contribution is 2.26. The SMILES string of the molecule is O=C(Nc1ccc(SCc2cc3ccc(O)cc3oc2=O)cc1)/C(=C/c1ccc([N+](=O)[O-])cc1)NC(=O)c1ccccc1. The molecule has 0 aliphatic carbocycles. The topological polar surface area (TPSA) is 152 Å². The Labute approximate surface area is 248 Å². The molecule has 0 bridgehead atoms. The Balaban J connectivity index is 1.29. The van der Waals surface area contributed by atoms with Gasteiger partial charge in [0.05, 0.1) is 4.92 Å². The van der Waals surface area contributed by atoms with Gasteiger partial charge in [-0.15, -0.1) is 11.8 Å². The molecule has 11 heteroatoms. The number of phenols is 1. The van der Waals surface area contributed by atoms with Crippen molar-refractivity contribution >= 4 is 52.0 Å². The number of thioether (sulfide) groups is 1. The maximum absolute atomic E-state index is 13.3. The molecule has 0 aliphatic rings. The van der Waals surface area contributed by atoms with Gasteiger partial charge in [-0.05, 0) is 78.4 Å². The Morgan fingerprint density at radius 1 is 0.930 bits per heavy atom. The molecule has 0 spiro atoms. The Morgan fingerprint density at radius 3 is 2.35 bits per heavy atom. The summed E-state index contributed by atoms with van der Waals surface area (Å²) in [6.07, 6.45) is 1.43. The summed E-state index contributed by atoms with van der Waals surface area (Å²) in [6.45, 7) is 0. The summed E-state index contributed by atoms with van der Waals surface area (Å²) in [4.78, 5) is 49.8. The molecule has 0 radical (unpaired) electrons. The van der Waals surface area contributed by atoms with E-state index in [0.717, 1.165) is 4.90 Å². The van der Waals surface area contributed by atoms with Gasteiger partial charge in [0.15, 0.2) is 0 Å². The average molecular weight is 594 g/mol. The number of amides is 2. The lowest BCUT2D eigenvalue weighted by molar-refractivity contribution is -0.384. The predicted octanol–water partition coefficient (Wildman–Crippen LogP) is 6.11. The number of nitrogens with one attached hydrogen (secondary N) is 2. The Bertz CT molecular complexity index is 1900. The van der Waals surface area contributed by atoms with E-state index in [1.54, 1.807) is 66.7 Å². The Kier molecular flexibility index (Phi) is 8.63. The molecule has 0 saturated carbocycles. The fourth-order valence-corrected chi connectivity index (χ4v) is 4.89. The molecule has 0 aliphatic heterocycles. The minimum atomic E-state index is -0.595. The van der Waals surface area contributed by atoms with Gasteiger partial charge in [-0.3, -0.25) is 19.7 Å². The second kappa shape index (κ2) is 12.9. The number of phenolic OH excluding ortho intramolecular Hbond substituents is 1. The van der Waals surface area contributed by atoms with Crippen molar-refractivity contribution in [3.05, 3.63) is 146 Å². The standard InChI is InChI=1S/C32H23N3O7S/c36-26-13-8-22-17-23(32(39)42-29(22)18-26)19-43-27-14-9-24(10-15-27)33-31(38)28(34-30(37)21-4-2-1-3-5-21)16-20-6-11-25(12-7-20)35(40)41/h1-18,36H,19H2,(H,33,38)(H,34,37)/b28-16-. The first kappa shape index (κ1) is 28.8. The summed E-state index contributed by atoms with van der Waals surface area (Å²) >= 11 is 1.41. The van der Waals surface area contributed by atoms with Gasteiger partial charge in [-0.25, -0.2) is 4.79 Å². The van der Waals surface area contributed by atoms with Crippen molar-refractivity contribution < 1.29 is 24.0 Å². The highest BCUT2D eigenvalue weighted by Gasteiger charge is 2.16. The molecule has 214 valence electrons. The zero-order valence-corrected chi connectivity index (χ0v) is 23.2. The van der Waals surface area contributed by atoms with E-state index >= 15 is 0 Å². The third-order valence-electron chi connectivity index (χ3n) is 6.24. The highest BCUT2D eigenvalue weighted by molar-refractivity contribution is 7.98. The molecule has 4 aromatic carbocycles. The number of nitro groups is 1. The van der Waals surface area contributed by atoms with Crippen molar-refractivity contribution in [1.82, 2.24) is 5.32 Å². The Morgan fingerprint density at radius 2 is 1.65 bits per heavy atom. The number of fused-ring (bicyclic) bond motifs is 1. The van der Waals surface area contributed by atoms with Crippen LogP contribution in [0.25, 0.3) is 17.0 Å². The van der Waals surface area contributed by atoms with Crippen molar-refractivity contribution in [2.45, 2.75) is 10.6 Å². The molecule has 2 amide bonds. The van der Waals surface area contributed by atoms with E-state index in [9.17, 15) is 29.6 Å². The molecule has 1 heterocycles. The largest absolute Gasteiger partial charge is 0.508 e. The number of hydrogen-bond acceptors (Lipinski definition) is 8. The van der Waals surface area contributed by atoms with Crippen LogP contribution < -0.4 is 16.3 Å². The molecule has 10 nitrogen and oxygen atoms in total. The number of non-ortho nitro benzene ring substituents is 1. The molecular weight excluding hydrogens is 570 g/mol. The molecule has 5 aromatic rings. The zero-order chi connectivity index (χ0) is 30.3. The van der Waals surface area contributed by atoms with Crippen LogP contribution in [-0.4, -0.2) is 21.8 Å². The maximum atomic E-state index is 13.3. The van der Waals surface area contributed by atoms with Gasteiger partial charge in [0.2, 0.25) is 0 Å². The van der Waals surface area contributed by atoms with Gasteiger partial charge < -0.3 is 20.2 Å². The van der Waals surface area contributed by atoms with Crippen molar-refractivity contribution in [1.29, 1.82) is 0 Å². The fourth-order valence-electron chi connectivity index (χ4n) is 4.04. The Hall–Kier alpha value is -5.68. The van der Waals surface area contributed by atoms with Crippen LogP contribution in [0.1, 0.15) is 21.5 Å². The van der Waals surface area contributed by atoms with E-state index in [0.29, 0.717) is 39.1 Å². The second-order valence-corrected chi connectivity index (χ2v) is 10.3. The van der Waals surface area contributed by atoms with E-state index in [4.69, 9.17) is 4.42 Å². The van der Waals surface area contributed by atoms with E-state index < -0.39 is 22.4 Å². The van der Waals surface area contributed by atoms with Crippen molar-refractivity contribution in [3.63, 3.8) is 0 Å². The van der Waals surface area contributed by atoms with Gasteiger partial charge >= 0.3 is 5.63 Å². The number of nitrogens with zero attached hydrogens (tertiary/aromatic N) is 1. The number of carbonyl (C=O) groups is 2. The maximum Gasteiger partial charge on any atom is 0.340 e. The second-order valence-electron chi connectivity index (χ2n) is 9.28. The molecule has 0 unspecified atom stereocenters. The fraction of sp³-hybridized carbons (Fsp3) is 0.0312. The van der Waals surface area contributed by atoms with Crippen LogP contribution >= 0.6 is 11.8 Å². The minimum Gasteiger partial charge on any atom is -0.508 e. The molecule has 0 fully saturated rings. The van der Waals surface area contributed by atoms with Crippen LogP contribution in [0.5, 0.6) is 5.75 Å². The van der Waals surface area contributed by atoms with Gasteiger partial charge in [0.25, 0.3) is 17.5 Å². The van der Waals surface area contributed by atoms with Crippen LogP contribution in [0, 0.1) is 10.1 Å². The minimum absolute atomic E-state index is 0.0116. The monoisotopic (exact) mass is 593 g/mol. The van der Waals surface area contributed by atoms with E-state index in [-0.39, 0.29) is 17.1 Å². The quantitative estimate of drug-likeness (QED) is 0.0609. The number of aromatic hydroxyl groups is 1. The van der Waals surface area contributed by atoms with Gasteiger partial charge in [0.1, 0.15) is 17.0 Å². The zero-order valence-electron chi connectivity index (χ0n) is 22.4. The van der Waals surface area contributed by atoms with Crippen molar-refractivity contribution in [3.8, 4) is 5.75 Å². The number of nitro benzene ring substituents is 1. The molecular formula is C32H23N3O7S. The molecule has 43 heavy (non-hydrogen) atoms. The molecule has 5 rings (SSSR count). The number of benzene rings is 4. The van der Waals surface area contributed by atoms with Crippen molar-refractivity contribution in [2.24, 2.45) is 0 Å². The number of hydrogen-bond donors (Lipinski definition) is 3. The molecule has 0 saturated heterocycles. The van der Waals surface area contributed by atoms with Crippen LogP contribution in [-0.2, 0) is 10.5 Å². The van der Waals surface area contributed by atoms with Crippen molar-refractivity contribution in [2.75, 3.05) is 5.32 Å². The van der Waals surface area contributed by atoms with E-state index in [1.165, 1.54) is 54.2 Å². The third-order valence-corrected chi connectivity index (χ3v) is 7.30. The highest BCUT2D eigenvalue weighted by atomic mass is 32.2. The first-order valence-electron chi connectivity index (χ1n) is 12.9. The van der Waals surface area contributed by atoms with Gasteiger partial charge in [-0.1, -0.05) is 18.2 Å². The van der Waals surface area contributed by atoms with Gasteiger partial charge in [-0.2, -0.15) is 0 Å². The van der Waals surface area contributed by atoms with Crippen LogP contribution in [0.4, 0.5) is 11.4 Å². The summed E-state index contributed by atoms with van der Waals surface area (Å²) in [7, 11) is 0. The normalized spacial score (nSPS) is 11.2. The predicted molar refractivity (Wildman–Crippen MR) is 164 cm³/mol. The summed E-state index contributed by atoms with van der Waals surface area (Å²) in [5, 5.41) is 26.7. The first-order chi connectivity index (χ1) is 20.7. The lowest BCUT2D eigenvalue weighted by Crippen LogP contribution is -2.30. The van der Waals surface area contributed by atoms with Crippen LogP contribution in [0.15, 0.2) is 123 Å². The summed E-state index contributed by atoms with van der Waals surface area (Å²) in [5.74, 6) is -0.732. The molecule has 1 aromatic heterocycles. The van der Waals surface area contributed by atoms with Crippen LogP contribution in [0.3, 0.4) is 0 Å². The molecule has 3 N–H and O–H groups in total. The molecule has 0 atom stereocenters. The van der Waals surface area contributed by atoms with Crippen LogP contribution in [0.2, 0.25) is 0 Å². The third kappa shape index (κ3) is 7.34. The summed E-state index contributed by atoms with van der Waals surface area (Å²) < 4.78 is 5.32.